The molecule has 154 valence electrons. The topological polar surface area (TPSA) is 85.9 Å². The number of anilines is 1. The van der Waals surface area contributed by atoms with Gasteiger partial charge in [-0.05, 0) is 61.5 Å². The summed E-state index contributed by atoms with van der Waals surface area (Å²) >= 11 is 0. The van der Waals surface area contributed by atoms with Crippen molar-refractivity contribution in [3.8, 4) is 17.2 Å². The van der Waals surface area contributed by atoms with Crippen molar-refractivity contribution in [1.82, 2.24) is 5.32 Å². The van der Waals surface area contributed by atoms with Crippen LogP contribution in [-0.2, 0) is 4.79 Å². The fraction of sp³-hybridized carbons (Fsp3) is 0.273. The Morgan fingerprint density at radius 1 is 0.966 bits per heavy atom. The van der Waals surface area contributed by atoms with Crippen LogP contribution >= 0.6 is 0 Å². The van der Waals surface area contributed by atoms with E-state index in [9.17, 15) is 9.59 Å². The molecule has 29 heavy (non-hydrogen) atoms. The Morgan fingerprint density at radius 3 is 2.28 bits per heavy atom. The standard InChI is InChI=1S/C22H26N2O5/c1-14(22(26)17-12-16(27-3)7-9-19(17)28-4)10-15-6-8-20(29-5)18(11-15)24-21(25)13-23-2/h6-12,23H,13H2,1-5H3,(H,24,25). The summed E-state index contributed by atoms with van der Waals surface area (Å²) in [4.78, 5) is 24.9. The molecule has 0 aliphatic carbocycles. The van der Waals surface area contributed by atoms with Crippen LogP contribution in [0.1, 0.15) is 22.8 Å². The summed E-state index contributed by atoms with van der Waals surface area (Å²) in [5.41, 5.74) is 2.20. The average Bonchev–Trinajstić information content (AvgIpc) is 2.73. The molecule has 0 aromatic heterocycles. The molecule has 0 saturated carbocycles. The Kier molecular flexibility index (Phi) is 7.79. The van der Waals surface area contributed by atoms with Crippen molar-refractivity contribution in [2.75, 3.05) is 40.2 Å². The minimum absolute atomic E-state index is 0.177. The second-order valence-electron chi connectivity index (χ2n) is 6.26. The van der Waals surface area contributed by atoms with Gasteiger partial charge >= 0.3 is 0 Å². The van der Waals surface area contributed by atoms with Gasteiger partial charge in [0, 0.05) is 0 Å². The predicted octanol–water partition coefficient (Wildman–Crippen LogP) is 3.16. The number of ether oxygens (including phenoxy) is 3. The molecule has 0 fully saturated rings. The van der Waals surface area contributed by atoms with Crippen molar-refractivity contribution in [3.63, 3.8) is 0 Å². The highest BCUT2D eigenvalue weighted by Gasteiger charge is 2.16. The lowest BCUT2D eigenvalue weighted by Gasteiger charge is -2.12. The van der Waals surface area contributed by atoms with E-state index in [1.165, 1.54) is 14.2 Å². The lowest BCUT2D eigenvalue weighted by molar-refractivity contribution is -0.115. The maximum absolute atomic E-state index is 13.0. The number of amides is 1. The molecule has 0 spiro atoms. The first-order chi connectivity index (χ1) is 13.9. The Bertz CT molecular complexity index is 921. The third kappa shape index (κ3) is 5.58. The number of nitrogens with one attached hydrogen (secondary N) is 2. The highest BCUT2D eigenvalue weighted by Crippen LogP contribution is 2.29. The zero-order valence-corrected chi connectivity index (χ0v) is 17.3. The van der Waals surface area contributed by atoms with Crippen molar-refractivity contribution in [2.45, 2.75) is 6.92 Å². The number of methoxy groups -OCH3 is 3. The molecule has 2 aromatic carbocycles. The highest BCUT2D eigenvalue weighted by molar-refractivity contribution is 6.12. The number of benzene rings is 2. The SMILES string of the molecule is CNCC(=O)Nc1cc(C=C(C)C(=O)c2cc(OC)ccc2OC)ccc1OC. The fourth-order valence-corrected chi connectivity index (χ4v) is 2.79. The van der Waals surface area contributed by atoms with Crippen molar-refractivity contribution in [2.24, 2.45) is 0 Å². The van der Waals surface area contributed by atoms with Gasteiger partial charge in [0.05, 0.1) is 39.1 Å². The molecule has 0 aliphatic rings. The van der Waals surface area contributed by atoms with Crippen LogP contribution in [0.25, 0.3) is 6.08 Å². The summed E-state index contributed by atoms with van der Waals surface area (Å²) in [6, 6.07) is 10.4. The van der Waals surface area contributed by atoms with Crippen LogP contribution in [-0.4, -0.2) is 46.6 Å². The molecule has 0 heterocycles. The van der Waals surface area contributed by atoms with Crippen molar-refractivity contribution >= 4 is 23.5 Å². The lowest BCUT2D eigenvalue weighted by Crippen LogP contribution is -2.25. The van der Waals surface area contributed by atoms with E-state index >= 15 is 0 Å². The van der Waals surface area contributed by atoms with Gasteiger partial charge in [-0.3, -0.25) is 9.59 Å². The molecule has 1 amide bonds. The molecule has 0 unspecified atom stereocenters. The smallest absolute Gasteiger partial charge is 0.238 e. The molecule has 7 heteroatoms. The highest BCUT2D eigenvalue weighted by atomic mass is 16.5. The van der Waals surface area contributed by atoms with Crippen LogP contribution in [0.15, 0.2) is 42.0 Å². The predicted molar refractivity (Wildman–Crippen MR) is 113 cm³/mol. The van der Waals surface area contributed by atoms with E-state index in [-0.39, 0.29) is 18.2 Å². The summed E-state index contributed by atoms with van der Waals surface area (Å²) in [5.74, 6) is 1.20. The maximum Gasteiger partial charge on any atom is 0.238 e. The summed E-state index contributed by atoms with van der Waals surface area (Å²) in [7, 11) is 6.28. The largest absolute Gasteiger partial charge is 0.497 e. The van der Waals surface area contributed by atoms with Gasteiger partial charge in [-0.25, -0.2) is 0 Å². The molecule has 2 N–H and O–H groups in total. The first-order valence-electron chi connectivity index (χ1n) is 9.01. The Hall–Kier alpha value is -3.32. The van der Waals surface area contributed by atoms with E-state index in [1.54, 1.807) is 57.5 Å². The van der Waals surface area contributed by atoms with Crippen molar-refractivity contribution in [1.29, 1.82) is 0 Å². The summed E-state index contributed by atoms with van der Waals surface area (Å²) < 4.78 is 15.8. The molecule has 0 aliphatic heterocycles. The molecule has 7 nitrogen and oxygen atoms in total. The van der Waals surface area contributed by atoms with E-state index in [2.05, 4.69) is 10.6 Å². The third-order valence-electron chi connectivity index (χ3n) is 4.23. The van der Waals surface area contributed by atoms with Crippen LogP contribution < -0.4 is 24.8 Å². The number of allylic oxidation sites excluding steroid dienone is 1. The zero-order chi connectivity index (χ0) is 21.4. The minimum atomic E-state index is -0.194. The number of ketones is 1. The van der Waals surface area contributed by atoms with Crippen molar-refractivity contribution < 1.29 is 23.8 Å². The van der Waals surface area contributed by atoms with Gasteiger partial charge in [-0.15, -0.1) is 0 Å². The quantitative estimate of drug-likeness (QED) is 0.499. The monoisotopic (exact) mass is 398 g/mol. The number of rotatable bonds is 9. The molecule has 0 radical (unpaired) electrons. The average molecular weight is 398 g/mol. The summed E-state index contributed by atoms with van der Waals surface area (Å²) in [5, 5.41) is 5.59. The second kappa shape index (κ2) is 10.3. The van der Waals surface area contributed by atoms with Crippen LogP contribution in [0.5, 0.6) is 17.2 Å². The number of hydrogen-bond acceptors (Lipinski definition) is 6. The molecule has 0 atom stereocenters. The van der Waals surface area contributed by atoms with E-state index in [0.717, 1.165) is 5.56 Å². The van der Waals surface area contributed by atoms with Gasteiger partial charge in [0.25, 0.3) is 0 Å². The maximum atomic E-state index is 13.0. The molecule has 0 saturated heterocycles. The third-order valence-corrected chi connectivity index (χ3v) is 4.23. The van der Waals surface area contributed by atoms with Gasteiger partial charge in [0.2, 0.25) is 5.91 Å². The molecular formula is C22H26N2O5. The van der Waals surface area contributed by atoms with E-state index < -0.39 is 0 Å². The number of Topliss-reactive ketones (excluding diaryl/α,β-unsaturated/α-hetero) is 1. The van der Waals surface area contributed by atoms with Gasteiger partial charge in [-0.1, -0.05) is 6.07 Å². The summed E-state index contributed by atoms with van der Waals surface area (Å²) in [6.07, 6.45) is 1.74. The van der Waals surface area contributed by atoms with Crippen molar-refractivity contribution in [3.05, 3.63) is 53.1 Å². The normalized spacial score (nSPS) is 11.0. The Balaban J connectivity index is 2.35. The van der Waals surface area contributed by atoms with E-state index in [0.29, 0.717) is 34.1 Å². The first kappa shape index (κ1) is 22.0. The number of carbonyl (C=O) groups excluding carboxylic acids is 2. The van der Waals surface area contributed by atoms with Crippen LogP contribution in [0.4, 0.5) is 5.69 Å². The molecule has 0 bridgehead atoms. The van der Waals surface area contributed by atoms with Gasteiger partial charge in [0.1, 0.15) is 17.2 Å². The fourth-order valence-electron chi connectivity index (χ4n) is 2.79. The zero-order valence-electron chi connectivity index (χ0n) is 17.3. The van der Waals surface area contributed by atoms with Crippen LogP contribution in [0.2, 0.25) is 0 Å². The summed E-state index contributed by atoms with van der Waals surface area (Å²) in [6.45, 7) is 1.90. The Morgan fingerprint density at radius 2 is 1.66 bits per heavy atom. The van der Waals surface area contributed by atoms with Crippen LogP contribution in [0.3, 0.4) is 0 Å². The van der Waals surface area contributed by atoms with Gasteiger partial charge in [0.15, 0.2) is 5.78 Å². The molecule has 2 rings (SSSR count). The number of likely N-dealkylation sites (N-methyl/N-ethyl adjacent to an activating group) is 1. The van der Waals surface area contributed by atoms with E-state index in [1.807, 2.05) is 6.07 Å². The second-order valence-corrected chi connectivity index (χ2v) is 6.26. The number of carbonyl (C=O) groups is 2. The molecular weight excluding hydrogens is 372 g/mol. The first-order valence-corrected chi connectivity index (χ1v) is 9.01. The Labute approximate surface area is 170 Å². The van der Waals surface area contributed by atoms with E-state index in [4.69, 9.17) is 14.2 Å². The van der Waals surface area contributed by atoms with Gasteiger partial charge < -0.3 is 24.8 Å². The van der Waals surface area contributed by atoms with Gasteiger partial charge in [-0.2, -0.15) is 0 Å². The van der Waals surface area contributed by atoms with Crippen LogP contribution in [0, 0.1) is 0 Å². The molecule has 2 aromatic rings. The number of hydrogen-bond donors (Lipinski definition) is 2. The lowest BCUT2D eigenvalue weighted by atomic mass is 10.0. The minimum Gasteiger partial charge on any atom is -0.497 e.